The number of benzene rings is 2. The maximum Gasteiger partial charge on any atom is 0.308 e. The van der Waals surface area contributed by atoms with Crippen molar-refractivity contribution in [3.8, 4) is 11.5 Å². The van der Waals surface area contributed by atoms with Gasteiger partial charge in [0.15, 0.2) is 17.6 Å². The van der Waals surface area contributed by atoms with Crippen molar-refractivity contribution in [3.05, 3.63) is 63.2 Å². The summed E-state index contributed by atoms with van der Waals surface area (Å²) in [7, 11) is 0. The highest BCUT2D eigenvalue weighted by molar-refractivity contribution is 6.23. The quantitative estimate of drug-likeness (QED) is 0.262. The number of fused-ring (bicyclic) bond motifs is 2. The van der Waals surface area contributed by atoms with Crippen LogP contribution in [0.4, 0.5) is 5.69 Å². The van der Waals surface area contributed by atoms with Gasteiger partial charge in [0, 0.05) is 19.2 Å². The number of rotatable bonds is 8. The van der Waals surface area contributed by atoms with E-state index in [-0.39, 0.29) is 37.4 Å². The van der Waals surface area contributed by atoms with Crippen LogP contribution >= 0.6 is 0 Å². The minimum atomic E-state index is -1.12. The van der Waals surface area contributed by atoms with E-state index < -0.39 is 40.4 Å². The van der Waals surface area contributed by atoms with Crippen LogP contribution in [0.3, 0.4) is 0 Å². The first-order valence-corrected chi connectivity index (χ1v) is 10.3. The van der Waals surface area contributed by atoms with Gasteiger partial charge in [0.1, 0.15) is 5.56 Å². The second-order valence-corrected chi connectivity index (χ2v) is 7.51. The fraction of sp³-hybridized carbons (Fsp3) is 0.273. The summed E-state index contributed by atoms with van der Waals surface area (Å²) < 4.78 is 15.6. The highest BCUT2D eigenvalue weighted by Gasteiger charge is 2.41. The van der Waals surface area contributed by atoms with E-state index in [1.807, 2.05) is 0 Å². The molecule has 1 atom stereocenters. The third kappa shape index (κ3) is 4.37. The standard InChI is InChI=1S/C22H19N3O9/c1-12(20(27)23-10-13-5-6-16-17(9-13)33-11-32-16)34-18(26)7-8-24-21(28)14-3-2-4-15(25(30)31)19(14)22(24)29/h2-6,9,12H,7-8,10-11H2,1H3,(H,23,27). The average molecular weight is 469 g/mol. The van der Waals surface area contributed by atoms with Gasteiger partial charge in [-0.2, -0.15) is 0 Å². The first kappa shape index (κ1) is 22.7. The Morgan fingerprint density at radius 2 is 1.94 bits per heavy atom. The molecule has 0 aliphatic carbocycles. The first-order chi connectivity index (χ1) is 16.3. The van der Waals surface area contributed by atoms with Crippen molar-refractivity contribution in [1.82, 2.24) is 10.2 Å². The third-order valence-corrected chi connectivity index (χ3v) is 5.29. The number of nitro benzene ring substituents is 1. The van der Waals surface area contributed by atoms with Crippen LogP contribution in [0.25, 0.3) is 0 Å². The molecule has 0 radical (unpaired) electrons. The lowest BCUT2D eigenvalue weighted by Gasteiger charge is -2.16. The number of nitrogens with one attached hydrogen (secondary N) is 1. The normalized spacial score (nSPS) is 14.6. The van der Waals surface area contributed by atoms with Crippen LogP contribution in [0.15, 0.2) is 36.4 Å². The van der Waals surface area contributed by atoms with E-state index in [9.17, 15) is 29.3 Å². The maximum atomic E-state index is 12.5. The van der Waals surface area contributed by atoms with Crippen molar-refractivity contribution in [2.75, 3.05) is 13.3 Å². The monoisotopic (exact) mass is 469 g/mol. The fourth-order valence-electron chi connectivity index (χ4n) is 3.57. The smallest absolute Gasteiger partial charge is 0.308 e. The number of imide groups is 1. The molecule has 3 amide bonds. The molecule has 0 aromatic heterocycles. The Labute approximate surface area is 192 Å². The maximum absolute atomic E-state index is 12.5. The molecule has 2 aliphatic heterocycles. The Morgan fingerprint density at radius 3 is 2.71 bits per heavy atom. The van der Waals surface area contributed by atoms with Crippen molar-refractivity contribution in [2.45, 2.75) is 26.0 Å². The van der Waals surface area contributed by atoms with E-state index in [4.69, 9.17) is 14.2 Å². The molecule has 0 spiro atoms. The van der Waals surface area contributed by atoms with Gasteiger partial charge in [-0.3, -0.25) is 34.2 Å². The summed E-state index contributed by atoms with van der Waals surface area (Å²) in [6.45, 7) is 1.35. The number of esters is 1. The van der Waals surface area contributed by atoms with Gasteiger partial charge in [-0.25, -0.2) is 0 Å². The van der Waals surface area contributed by atoms with Gasteiger partial charge in [0.2, 0.25) is 6.79 Å². The molecule has 2 aromatic rings. The molecule has 2 aromatic carbocycles. The SMILES string of the molecule is CC(OC(=O)CCN1C(=O)c2cccc([N+](=O)[O-])c2C1=O)C(=O)NCc1ccc2c(c1)OCO2. The molecule has 0 bridgehead atoms. The van der Waals surface area contributed by atoms with Gasteiger partial charge in [-0.1, -0.05) is 12.1 Å². The number of ether oxygens (including phenoxy) is 3. The molecular formula is C22H19N3O9. The third-order valence-electron chi connectivity index (χ3n) is 5.29. The Bertz CT molecular complexity index is 1210. The van der Waals surface area contributed by atoms with E-state index in [2.05, 4.69) is 5.32 Å². The molecule has 0 saturated heterocycles. The summed E-state index contributed by atoms with van der Waals surface area (Å²) in [4.78, 5) is 60.6. The Kier molecular flexibility index (Phi) is 6.13. The van der Waals surface area contributed by atoms with Crippen LogP contribution in [0.1, 0.15) is 39.6 Å². The molecule has 34 heavy (non-hydrogen) atoms. The van der Waals surface area contributed by atoms with Crippen molar-refractivity contribution in [3.63, 3.8) is 0 Å². The number of nitrogens with zero attached hydrogens (tertiary/aromatic N) is 2. The zero-order valence-electron chi connectivity index (χ0n) is 17.9. The molecule has 0 saturated carbocycles. The van der Waals surface area contributed by atoms with Crippen LogP contribution in [0.2, 0.25) is 0 Å². The lowest BCUT2D eigenvalue weighted by Crippen LogP contribution is -2.37. The lowest BCUT2D eigenvalue weighted by atomic mass is 10.1. The van der Waals surface area contributed by atoms with E-state index in [0.717, 1.165) is 16.5 Å². The number of carbonyl (C=O) groups is 4. The zero-order valence-corrected chi connectivity index (χ0v) is 17.9. The molecule has 12 heteroatoms. The molecule has 12 nitrogen and oxygen atoms in total. The van der Waals surface area contributed by atoms with Crippen molar-refractivity contribution in [2.24, 2.45) is 0 Å². The Morgan fingerprint density at radius 1 is 1.18 bits per heavy atom. The minimum Gasteiger partial charge on any atom is -0.454 e. The number of hydrogen-bond acceptors (Lipinski definition) is 9. The zero-order chi connectivity index (χ0) is 24.4. The minimum absolute atomic E-state index is 0.0937. The number of amides is 3. The van der Waals surface area contributed by atoms with Crippen LogP contribution < -0.4 is 14.8 Å². The summed E-state index contributed by atoms with van der Waals surface area (Å²) in [5, 5.41) is 13.8. The second kappa shape index (κ2) is 9.17. The van der Waals surface area contributed by atoms with E-state index >= 15 is 0 Å². The summed E-state index contributed by atoms with van der Waals surface area (Å²) in [5.41, 5.74) is -0.115. The largest absolute Gasteiger partial charge is 0.454 e. The number of nitro groups is 1. The molecule has 2 aliphatic rings. The number of carbonyl (C=O) groups excluding carboxylic acids is 4. The van der Waals surface area contributed by atoms with Gasteiger partial charge in [0.25, 0.3) is 23.4 Å². The predicted octanol–water partition coefficient (Wildman–Crippen LogP) is 1.56. The summed E-state index contributed by atoms with van der Waals surface area (Å²) in [6, 6.07) is 8.96. The van der Waals surface area contributed by atoms with Gasteiger partial charge in [-0.05, 0) is 30.7 Å². The Hall–Kier alpha value is -4.48. The average Bonchev–Trinajstić information content (AvgIpc) is 3.38. The highest BCUT2D eigenvalue weighted by atomic mass is 16.7. The second-order valence-electron chi connectivity index (χ2n) is 7.51. The molecule has 0 fully saturated rings. The molecule has 1 N–H and O–H groups in total. The highest BCUT2D eigenvalue weighted by Crippen LogP contribution is 2.32. The predicted molar refractivity (Wildman–Crippen MR) is 113 cm³/mol. The summed E-state index contributed by atoms with van der Waals surface area (Å²) in [5.74, 6) is -1.74. The lowest BCUT2D eigenvalue weighted by molar-refractivity contribution is -0.385. The van der Waals surface area contributed by atoms with Crippen LogP contribution in [0, 0.1) is 10.1 Å². The van der Waals surface area contributed by atoms with Crippen LogP contribution in [-0.2, 0) is 20.9 Å². The van der Waals surface area contributed by atoms with Gasteiger partial charge >= 0.3 is 5.97 Å². The topological polar surface area (TPSA) is 154 Å². The summed E-state index contributed by atoms with van der Waals surface area (Å²) in [6.07, 6.45) is -1.50. The number of hydrogen-bond donors (Lipinski definition) is 1. The van der Waals surface area contributed by atoms with E-state index in [1.165, 1.54) is 19.1 Å². The van der Waals surface area contributed by atoms with Crippen molar-refractivity contribution in [1.29, 1.82) is 0 Å². The molecule has 2 heterocycles. The summed E-state index contributed by atoms with van der Waals surface area (Å²) >= 11 is 0. The van der Waals surface area contributed by atoms with Gasteiger partial charge < -0.3 is 19.5 Å². The van der Waals surface area contributed by atoms with Crippen LogP contribution in [-0.4, -0.2) is 53.0 Å². The fourth-order valence-corrected chi connectivity index (χ4v) is 3.57. The molecule has 176 valence electrons. The first-order valence-electron chi connectivity index (χ1n) is 10.3. The molecular weight excluding hydrogens is 450 g/mol. The van der Waals surface area contributed by atoms with E-state index in [1.54, 1.807) is 18.2 Å². The molecule has 4 rings (SSSR count). The van der Waals surface area contributed by atoms with E-state index in [0.29, 0.717) is 11.5 Å². The van der Waals surface area contributed by atoms with Crippen LogP contribution in [0.5, 0.6) is 11.5 Å². The van der Waals surface area contributed by atoms with Crippen molar-refractivity contribution < 1.29 is 38.3 Å². The Balaban J connectivity index is 1.28. The van der Waals surface area contributed by atoms with Crippen molar-refractivity contribution >= 4 is 29.4 Å². The van der Waals surface area contributed by atoms with Gasteiger partial charge in [0.05, 0.1) is 16.9 Å². The molecule has 1 unspecified atom stereocenters. The van der Waals surface area contributed by atoms with Gasteiger partial charge in [-0.15, -0.1) is 0 Å².